The van der Waals surface area contributed by atoms with E-state index in [0.29, 0.717) is 0 Å². The summed E-state index contributed by atoms with van der Waals surface area (Å²) >= 11 is 0. The summed E-state index contributed by atoms with van der Waals surface area (Å²) < 4.78 is 15.8. The Labute approximate surface area is 157 Å². The first-order chi connectivity index (χ1) is 13.1. The van der Waals surface area contributed by atoms with Crippen LogP contribution in [-0.4, -0.2) is 39.1 Å². The number of quaternary nitrogens is 1. The van der Waals surface area contributed by atoms with Crippen LogP contribution in [0.25, 0.3) is 0 Å². The molecule has 1 saturated heterocycles. The SMILES string of the molecule is COc1ccc([C@@H]2CCC[NH+]2CC(=O)NNC(=O)c2ccco2)c(OC)c1. The molecule has 2 heterocycles. The molecule has 8 nitrogen and oxygen atoms in total. The monoisotopic (exact) mass is 374 g/mol. The number of hydrogen-bond acceptors (Lipinski definition) is 5. The highest BCUT2D eigenvalue weighted by Crippen LogP contribution is 2.31. The number of hydrogen-bond donors (Lipinski definition) is 3. The van der Waals surface area contributed by atoms with E-state index in [1.807, 2.05) is 18.2 Å². The number of furan rings is 1. The van der Waals surface area contributed by atoms with Crippen LogP contribution in [0.2, 0.25) is 0 Å². The van der Waals surface area contributed by atoms with E-state index in [1.54, 1.807) is 20.3 Å². The van der Waals surface area contributed by atoms with Gasteiger partial charge < -0.3 is 18.8 Å². The van der Waals surface area contributed by atoms with Crippen molar-refractivity contribution in [3.05, 3.63) is 47.9 Å². The molecule has 1 unspecified atom stereocenters. The lowest BCUT2D eigenvalue weighted by Crippen LogP contribution is -3.11. The highest BCUT2D eigenvalue weighted by molar-refractivity contribution is 5.92. The van der Waals surface area contributed by atoms with Gasteiger partial charge in [-0.3, -0.25) is 20.4 Å². The van der Waals surface area contributed by atoms with Crippen LogP contribution in [0.15, 0.2) is 41.0 Å². The number of rotatable bonds is 6. The van der Waals surface area contributed by atoms with Gasteiger partial charge in [0, 0.05) is 18.9 Å². The Hall–Kier alpha value is -3.00. The molecule has 2 amide bonds. The molecule has 0 aliphatic carbocycles. The van der Waals surface area contributed by atoms with Crippen LogP contribution in [0, 0.1) is 0 Å². The van der Waals surface area contributed by atoms with E-state index in [9.17, 15) is 9.59 Å². The molecule has 1 aliphatic rings. The van der Waals surface area contributed by atoms with Gasteiger partial charge in [0.05, 0.1) is 32.6 Å². The van der Waals surface area contributed by atoms with Crippen LogP contribution in [0.5, 0.6) is 11.5 Å². The van der Waals surface area contributed by atoms with Crippen molar-refractivity contribution in [2.24, 2.45) is 0 Å². The maximum Gasteiger partial charge on any atom is 0.305 e. The third kappa shape index (κ3) is 4.40. The van der Waals surface area contributed by atoms with Crippen LogP contribution in [0.4, 0.5) is 0 Å². The van der Waals surface area contributed by atoms with Gasteiger partial charge in [0.15, 0.2) is 12.3 Å². The van der Waals surface area contributed by atoms with E-state index in [-0.39, 0.29) is 24.3 Å². The second-order valence-corrected chi connectivity index (χ2v) is 6.37. The Balaban J connectivity index is 1.61. The molecule has 0 saturated carbocycles. The third-order valence-corrected chi connectivity index (χ3v) is 4.75. The molecule has 0 spiro atoms. The highest BCUT2D eigenvalue weighted by Gasteiger charge is 2.33. The minimum atomic E-state index is -0.488. The molecule has 0 radical (unpaired) electrons. The fraction of sp³-hybridized carbons (Fsp3) is 0.368. The van der Waals surface area contributed by atoms with Crippen molar-refractivity contribution in [3.63, 3.8) is 0 Å². The summed E-state index contributed by atoms with van der Waals surface area (Å²) in [7, 11) is 3.24. The van der Waals surface area contributed by atoms with Crippen LogP contribution >= 0.6 is 0 Å². The van der Waals surface area contributed by atoms with Crippen LogP contribution in [-0.2, 0) is 4.79 Å². The van der Waals surface area contributed by atoms with E-state index < -0.39 is 5.91 Å². The Bertz CT molecular complexity index is 791. The molecular formula is C19H24N3O5+. The molecule has 1 aromatic carbocycles. The summed E-state index contributed by atoms with van der Waals surface area (Å²) in [6.07, 6.45) is 3.38. The number of hydrazine groups is 1. The Morgan fingerprint density at radius 3 is 2.78 bits per heavy atom. The molecule has 27 heavy (non-hydrogen) atoms. The lowest BCUT2D eigenvalue weighted by molar-refractivity contribution is -0.910. The van der Waals surface area contributed by atoms with Crippen molar-refractivity contribution in [2.75, 3.05) is 27.3 Å². The fourth-order valence-corrected chi connectivity index (χ4v) is 3.45. The molecule has 1 fully saturated rings. The topological polar surface area (TPSA) is 94.2 Å². The average Bonchev–Trinajstić information content (AvgIpc) is 3.37. The number of benzene rings is 1. The molecule has 2 aromatic rings. The molecule has 2 atom stereocenters. The number of carbonyl (C=O) groups excluding carboxylic acids is 2. The molecule has 3 N–H and O–H groups in total. The first-order valence-corrected chi connectivity index (χ1v) is 8.81. The normalized spacial score (nSPS) is 18.7. The summed E-state index contributed by atoms with van der Waals surface area (Å²) in [6.45, 7) is 1.12. The number of likely N-dealkylation sites (tertiary alicyclic amines) is 1. The quantitative estimate of drug-likeness (QED) is 0.640. The van der Waals surface area contributed by atoms with Gasteiger partial charge in [-0.1, -0.05) is 0 Å². The van der Waals surface area contributed by atoms with E-state index in [0.717, 1.165) is 41.3 Å². The lowest BCUT2D eigenvalue weighted by Gasteiger charge is -2.23. The average molecular weight is 374 g/mol. The van der Waals surface area contributed by atoms with Crippen LogP contribution in [0.3, 0.4) is 0 Å². The predicted octanol–water partition coefficient (Wildman–Crippen LogP) is 0.478. The molecule has 0 bridgehead atoms. The van der Waals surface area contributed by atoms with Crippen LogP contribution in [0.1, 0.15) is 35.0 Å². The Kier molecular flexibility index (Phi) is 5.97. The Morgan fingerprint density at radius 2 is 2.07 bits per heavy atom. The van der Waals surface area contributed by atoms with Gasteiger partial charge in [0.25, 0.3) is 5.91 Å². The first kappa shape index (κ1) is 18.8. The largest absolute Gasteiger partial charge is 0.497 e. The van der Waals surface area contributed by atoms with E-state index in [1.165, 1.54) is 12.3 Å². The third-order valence-electron chi connectivity index (χ3n) is 4.75. The molecule has 3 rings (SSSR count). The van der Waals surface area contributed by atoms with Crippen molar-refractivity contribution in [2.45, 2.75) is 18.9 Å². The number of carbonyl (C=O) groups is 2. The maximum atomic E-state index is 12.3. The van der Waals surface area contributed by atoms with Gasteiger partial charge in [0.1, 0.15) is 17.5 Å². The standard InChI is InChI=1S/C19H23N3O5/c1-25-13-7-8-14(17(11-13)26-2)15-5-3-9-22(15)12-18(23)20-21-19(24)16-6-4-10-27-16/h4,6-8,10-11,15H,3,5,9,12H2,1-2H3,(H,20,23)(H,21,24)/p+1/t15-/m0/s1. The summed E-state index contributed by atoms with van der Waals surface area (Å²) in [4.78, 5) is 25.2. The maximum absolute atomic E-state index is 12.3. The summed E-state index contributed by atoms with van der Waals surface area (Å²) in [5.41, 5.74) is 5.86. The number of methoxy groups -OCH3 is 2. The van der Waals surface area contributed by atoms with E-state index in [4.69, 9.17) is 13.9 Å². The summed E-state index contributed by atoms with van der Waals surface area (Å²) in [5.74, 6) is 0.880. The fourth-order valence-electron chi connectivity index (χ4n) is 3.45. The number of nitrogens with one attached hydrogen (secondary N) is 3. The van der Waals surface area contributed by atoms with Crippen molar-refractivity contribution >= 4 is 11.8 Å². The zero-order chi connectivity index (χ0) is 19.2. The molecule has 1 aliphatic heterocycles. The first-order valence-electron chi connectivity index (χ1n) is 8.81. The second kappa shape index (κ2) is 8.59. The van der Waals surface area contributed by atoms with E-state index in [2.05, 4.69) is 10.9 Å². The van der Waals surface area contributed by atoms with Gasteiger partial charge in [-0.15, -0.1) is 0 Å². The minimum absolute atomic E-state index is 0.143. The molecule has 1 aromatic heterocycles. The van der Waals surface area contributed by atoms with Gasteiger partial charge in [0.2, 0.25) is 0 Å². The van der Waals surface area contributed by atoms with Crippen molar-refractivity contribution < 1.29 is 28.4 Å². The predicted molar refractivity (Wildman–Crippen MR) is 96.5 cm³/mol. The zero-order valence-electron chi connectivity index (χ0n) is 15.4. The number of amides is 2. The van der Waals surface area contributed by atoms with Crippen LogP contribution < -0.4 is 25.2 Å². The highest BCUT2D eigenvalue weighted by atomic mass is 16.5. The Morgan fingerprint density at radius 1 is 1.22 bits per heavy atom. The molecule has 144 valence electrons. The molecular weight excluding hydrogens is 350 g/mol. The van der Waals surface area contributed by atoms with E-state index >= 15 is 0 Å². The summed E-state index contributed by atoms with van der Waals surface area (Å²) in [5, 5.41) is 0. The number of ether oxygens (including phenoxy) is 2. The van der Waals surface area contributed by atoms with Gasteiger partial charge >= 0.3 is 5.91 Å². The van der Waals surface area contributed by atoms with Gasteiger partial charge in [-0.05, 0) is 24.3 Å². The smallest absolute Gasteiger partial charge is 0.305 e. The van der Waals surface area contributed by atoms with Crippen molar-refractivity contribution in [3.8, 4) is 11.5 Å². The van der Waals surface area contributed by atoms with Gasteiger partial charge in [-0.25, -0.2) is 0 Å². The zero-order valence-corrected chi connectivity index (χ0v) is 15.4. The summed E-state index contributed by atoms with van der Waals surface area (Å²) in [6, 6.07) is 9.03. The minimum Gasteiger partial charge on any atom is -0.497 e. The van der Waals surface area contributed by atoms with Crippen molar-refractivity contribution in [1.29, 1.82) is 0 Å². The second-order valence-electron chi connectivity index (χ2n) is 6.37. The van der Waals surface area contributed by atoms with Crippen molar-refractivity contribution in [1.82, 2.24) is 10.9 Å². The lowest BCUT2D eigenvalue weighted by atomic mass is 10.0. The molecule has 8 heteroatoms. The van der Waals surface area contributed by atoms with Gasteiger partial charge in [-0.2, -0.15) is 0 Å².